The fourth-order valence-electron chi connectivity index (χ4n) is 3.70. The van der Waals surface area contributed by atoms with Gasteiger partial charge in [0.25, 0.3) is 0 Å². The van der Waals surface area contributed by atoms with Crippen molar-refractivity contribution in [3.63, 3.8) is 0 Å². The second-order valence-corrected chi connectivity index (χ2v) is 6.51. The fraction of sp³-hybridized carbons (Fsp3) is 0.938. The molecule has 1 saturated heterocycles. The molecule has 0 unspecified atom stereocenters. The molecule has 1 amide bonds. The van der Waals surface area contributed by atoms with Crippen LogP contribution in [0.25, 0.3) is 0 Å². The van der Waals surface area contributed by atoms with Crippen molar-refractivity contribution in [2.24, 2.45) is 11.3 Å². The molecule has 1 saturated carbocycles. The van der Waals surface area contributed by atoms with Crippen molar-refractivity contribution in [1.29, 1.82) is 0 Å². The highest BCUT2D eigenvalue weighted by Gasteiger charge is 2.39. The average Bonchev–Trinajstić information content (AvgIpc) is 2.98. The zero-order valence-corrected chi connectivity index (χ0v) is 12.9. The lowest BCUT2D eigenvalue weighted by Crippen LogP contribution is -2.50. The van der Waals surface area contributed by atoms with E-state index in [1.165, 1.54) is 32.1 Å². The molecule has 0 atom stereocenters. The molecule has 1 heterocycles. The highest BCUT2D eigenvalue weighted by atomic mass is 16.5. The highest BCUT2D eigenvalue weighted by molar-refractivity contribution is 5.82. The first-order chi connectivity index (χ1) is 9.77. The molecule has 116 valence electrons. The molecule has 2 fully saturated rings. The Kier molecular flexibility index (Phi) is 6.30. The third-order valence-corrected chi connectivity index (χ3v) is 5.01. The number of carbonyl (C=O) groups excluding carboxylic acids is 1. The fourth-order valence-corrected chi connectivity index (χ4v) is 3.70. The molecule has 0 radical (unpaired) electrons. The summed E-state index contributed by atoms with van der Waals surface area (Å²) >= 11 is 0. The first-order valence-corrected chi connectivity index (χ1v) is 8.25. The van der Waals surface area contributed by atoms with Gasteiger partial charge in [0.15, 0.2) is 0 Å². The summed E-state index contributed by atoms with van der Waals surface area (Å²) in [5.74, 6) is 1.12. The van der Waals surface area contributed by atoms with Gasteiger partial charge in [0, 0.05) is 13.7 Å². The second-order valence-electron chi connectivity index (χ2n) is 6.51. The molecule has 0 aromatic heterocycles. The van der Waals surface area contributed by atoms with Crippen LogP contribution in [0.15, 0.2) is 0 Å². The summed E-state index contributed by atoms with van der Waals surface area (Å²) in [4.78, 5) is 12.5. The van der Waals surface area contributed by atoms with Crippen LogP contribution in [0, 0.1) is 11.3 Å². The van der Waals surface area contributed by atoms with Crippen LogP contribution in [0.1, 0.15) is 51.4 Å². The average molecular weight is 282 g/mol. The Bertz CT molecular complexity index is 289. The van der Waals surface area contributed by atoms with Gasteiger partial charge in [-0.15, -0.1) is 0 Å². The van der Waals surface area contributed by atoms with Crippen molar-refractivity contribution in [1.82, 2.24) is 10.6 Å². The van der Waals surface area contributed by atoms with Crippen LogP contribution in [0.4, 0.5) is 0 Å². The summed E-state index contributed by atoms with van der Waals surface area (Å²) in [6.45, 7) is 3.20. The molecule has 4 nitrogen and oxygen atoms in total. The zero-order valence-electron chi connectivity index (χ0n) is 12.9. The van der Waals surface area contributed by atoms with Crippen LogP contribution < -0.4 is 10.6 Å². The van der Waals surface area contributed by atoms with Crippen molar-refractivity contribution >= 4 is 5.91 Å². The molecule has 1 aliphatic heterocycles. The van der Waals surface area contributed by atoms with Gasteiger partial charge in [-0.1, -0.05) is 25.7 Å². The largest absolute Gasteiger partial charge is 0.384 e. The quantitative estimate of drug-likeness (QED) is 0.703. The van der Waals surface area contributed by atoms with Gasteiger partial charge >= 0.3 is 0 Å². The van der Waals surface area contributed by atoms with Gasteiger partial charge in [0.2, 0.25) is 5.91 Å². The van der Waals surface area contributed by atoms with Gasteiger partial charge < -0.3 is 15.4 Å². The monoisotopic (exact) mass is 282 g/mol. The highest BCUT2D eigenvalue weighted by Crippen LogP contribution is 2.30. The number of ether oxygens (including phenoxy) is 1. The summed E-state index contributed by atoms with van der Waals surface area (Å²) in [5, 5.41) is 6.48. The van der Waals surface area contributed by atoms with E-state index in [1.807, 2.05) is 0 Å². The standard InChI is InChI=1S/C16H30N2O2/c1-20-13-16(8-11-17-12-9-16)15(19)18-10-4-7-14-5-2-3-6-14/h14,17H,2-13H2,1H3,(H,18,19). The topological polar surface area (TPSA) is 50.4 Å². The lowest BCUT2D eigenvalue weighted by molar-refractivity contribution is -0.136. The lowest BCUT2D eigenvalue weighted by Gasteiger charge is -2.35. The van der Waals surface area contributed by atoms with E-state index in [4.69, 9.17) is 4.74 Å². The Balaban J connectivity index is 1.70. The molecule has 2 aliphatic rings. The molecule has 0 spiro atoms. The summed E-state index contributed by atoms with van der Waals surface area (Å²) < 4.78 is 5.30. The number of hydrogen-bond acceptors (Lipinski definition) is 3. The molecule has 0 aromatic rings. The summed E-state index contributed by atoms with van der Waals surface area (Å²) in [7, 11) is 1.69. The number of methoxy groups -OCH3 is 1. The first-order valence-electron chi connectivity index (χ1n) is 8.25. The maximum absolute atomic E-state index is 12.5. The summed E-state index contributed by atoms with van der Waals surface area (Å²) in [5.41, 5.74) is -0.298. The minimum atomic E-state index is -0.298. The first kappa shape index (κ1) is 15.8. The third kappa shape index (κ3) is 4.19. The molecule has 0 bridgehead atoms. The normalized spacial score (nSPS) is 22.9. The van der Waals surface area contributed by atoms with E-state index in [2.05, 4.69) is 10.6 Å². The van der Waals surface area contributed by atoms with Crippen molar-refractivity contribution in [3.05, 3.63) is 0 Å². The van der Waals surface area contributed by atoms with Crippen LogP contribution in [0.3, 0.4) is 0 Å². The van der Waals surface area contributed by atoms with Crippen LogP contribution in [0.2, 0.25) is 0 Å². The maximum Gasteiger partial charge on any atom is 0.228 e. The summed E-state index contributed by atoms with van der Waals surface area (Å²) in [6, 6.07) is 0. The maximum atomic E-state index is 12.5. The van der Waals surface area contributed by atoms with Gasteiger partial charge in [-0.05, 0) is 44.7 Å². The molecule has 4 heteroatoms. The molecule has 1 aliphatic carbocycles. The van der Waals surface area contributed by atoms with Gasteiger partial charge in [0.05, 0.1) is 12.0 Å². The van der Waals surface area contributed by atoms with E-state index in [0.717, 1.165) is 44.8 Å². The second kappa shape index (κ2) is 7.99. The van der Waals surface area contributed by atoms with E-state index >= 15 is 0 Å². The Morgan fingerprint density at radius 2 is 2.00 bits per heavy atom. The molecular weight excluding hydrogens is 252 g/mol. The van der Waals surface area contributed by atoms with Crippen LogP contribution in [0.5, 0.6) is 0 Å². The van der Waals surface area contributed by atoms with E-state index in [1.54, 1.807) is 7.11 Å². The van der Waals surface area contributed by atoms with Gasteiger partial charge in [0.1, 0.15) is 0 Å². The summed E-state index contributed by atoms with van der Waals surface area (Å²) in [6.07, 6.45) is 9.77. The smallest absolute Gasteiger partial charge is 0.228 e. The number of amides is 1. The molecule has 2 N–H and O–H groups in total. The van der Waals surface area contributed by atoms with Crippen molar-refractivity contribution < 1.29 is 9.53 Å². The van der Waals surface area contributed by atoms with Gasteiger partial charge in [-0.2, -0.15) is 0 Å². The minimum absolute atomic E-state index is 0.201. The number of rotatable bonds is 7. The Morgan fingerprint density at radius 1 is 1.30 bits per heavy atom. The van der Waals surface area contributed by atoms with Crippen molar-refractivity contribution in [3.8, 4) is 0 Å². The number of piperidine rings is 1. The van der Waals surface area contributed by atoms with Crippen molar-refractivity contribution in [2.75, 3.05) is 33.4 Å². The molecule has 2 rings (SSSR count). The van der Waals surface area contributed by atoms with Gasteiger partial charge in [-0.3, -0.25) is 4.79 Å². The number of carbonyl (C=O) groups is 1. The number of nitrogens with one attached hydrogen (secondary N) is 2. The van der Waals surface area contributed by atoms with Crippen LogP contribution >= 0.6 is 0 Å². The molecule has 0 aromatic carbocycles. The van der Waals surface area contributed by atoms with E-state index in [9.17, 15) is 4.79 Å². The van der Waals surface area contributed by atoms with Crippen LogP contribution in [-0.4, -0.2) is 39.3 Å². The van der Waals surface area contributed by atoms with Gasteiger partial charge in [-0.25, -0.2) is 0 Å². The third-order valence-electron chi connectivity index (χ3n) is 5.01. The predicted molar refractivity (Wildman–Crippen MR) is 80.6 cm³/mol. The lowest BCUT2D eigenvalue weighted by atomic mass is 9.78. The van der Waals surface area contributed by atoms with Crippen molar-refractivity contribution in [2.45, 2.75) is 51.4 Å². The Hall–Kier alpha value is -0.610. The van der Waals surface area contributed by atoms with E-state index < -0.39 is 0 Å². The zero-order chi connectivity index (χ0) is 14.3. The Morgan fingerprint density at radius 3 is 2.65 bits per heavy atom. The van der Waals surface area contributed by atoms with Crippen LogP contribution in [-0.2, 0) is 9.53 Å². The molecular formula is C16H30N2O2. The SMILES string of the molecule is COCC1(C(=O)NCCCC2CCCC2)CCNCC1. The minimum Gasteiger partial charge on any atom is -0.384 e. The molecule has 20 heavy (non-hydrogen) atoms. The van der Waals surface area contributed by atoms with E-state index in [0.29, 0.717) is 6.61 Å². The van der Waals surface area contributed by atoms with E-state index in [-0.39, 0.29) is 11.3 Å². The number of hydrogen-bond donors (Lipinski definition) is 2. The predicted octanol–water partition coefficient (Wildman–Crippen LogP) is 2.09. The Labute approximate surface area is 123 Å².